The van der Waals surface area contributed by atoms with E-state index in [2.05, 4.69) is 43.1 Å². The number of likely N-dealkylation sites (N-methyl/N-ethyl adjacent to an activating group) is 1. The molecule has 27 heavy (non-hydrogen) atoms. The maximum Gasteiger partial charge on any atom is 0.250 e. The predicted molar refractivity (Wildman–Crippen MR) is 111 cm³/mol. The largest absolute Gasteiger partial charge is 0.354 e. The topological polar surface area (TPSA) is 52.7 Å². The molecular weight excluding hydrogens is 338 g/mol. The van der Waals surface area contributed by atoms with Crippen molar-refractivity contribution in [3.8, 4) is 0 Å². The summed E-state index contributed by atoms with van der Waals surface area (Å²) in [6.07, 6.45) is 6.49. The average molecular weight is 372 g/mol. The zero-order chi connectivity index (χ0) is 19.6. The summed E-state index contributed by atoms with van der Waals surface area (Å²) < 4.78 is 0. The summed E-state index contributed by atoms with van der Waals surface area (Å²) in [5.41, 5.74) is 2.12. The fourth-order valence-corrected chi connectivity index (χ4v) is 3.38. The molecule has 1 aliphatic heterocycles. The van der Waals surface area contributed by atoms with Gasteiger partial charge in [0.05, 0.1) is 5.92 Å². The van der Waals surface area contributed by atoms with Crippen molar-refractivity contribution < 1.29 is 9.59 Å². The van der Waals surface area contributed by atoms with E-state index < -0.39 is 0 Å². The molecule has 1 heterocycles. The summed E-state index contributed by atoms with van der Waals surface area (Å²) in [5, 5.41) is 3.02. The number of nitrogens with one attached hydrogen (secondary N) is 1. The lowest BCUT2D eigenvalue weighted by Gasteiger charge is -2.29. The van der Waals surface area contributed by atoms with Gasteiger partial charge in [0, 0.05) is 31.4 Å². The number of benzene rings is 1. The minimum absolute atomic E-state index is 0.0149. The van der Waals surface area contributed by atoms with Crippen LogP contribution in [0.4, 0.5) is 5.69 Å². The van der Waals surface area contributed by atoms with Gasteiger partial charge in [0.1, 0.15) is 0 Å². The second-order valence-corrected chi connectivity index (χ2v) is 7.06. The second-order valence-electron chi connectivity index (χ2n) is 7.06. The third-order valence-corrected chi connectivity index (χ3v) is 4.95. The Morgan fingerprint density at radius 3 is 2.52 bits per heavy atom. The molecule has 5 heteroatoms. The Morgan fingerprint density at radius 2 is 1.89 bits per heavy atom. The first-order valence-electron chi connectivity index (χ1n) is 10.2. The third kappa shape index (κ3) is 6.21. The highest BCUT2D eigenvalue weighted by Gasteiger charge is 2.26. The molecule has 2 rings (SSSR count). The van der Waals surface area contributed by atoms with Gasteiger partial charge in [0.2, 0.25) is 5.91 Å². The van der Waals surface area contributed by atoms with E-state index in [9.17, 15) is 9.59 Å². The SMILES string of the molecule is CCCc1ccc(N2CC(C(=O)NCCN(CC)CCC)C=CC2=O)cc1. The van der Waals surface area contributed by atoms with E-state index in [-0.39, 0.29) is 17.7 Å². The Hall–Kier alpha value is -2.14. The van der Waals surface area contributed by atoms with E-state index in [1.807, 2.05) is 12.1 Å². The van der Waals surface area contributed by atoms with Gasteiger partial charge in [0.15, 0.2) is 0 Å². The van der Waals surface area contributed by atoms with Crippen molar-refractivity contribution in [3.63, 3.8) is 0 Å². The summed E-state index contributed by atoms with van der Waals surface area (Å²) in [5.74, 6) is -0.388. The number of carbonyl (C=O) groups is 2. The Morgan fingerprint density at radius 1 is 1.15 bits per heavy atom. The van der Waals surface area contributed by atoms with Gasteiger partial charge < -0.3 is 15.1 Å². The molecule has 0 aromatic heterocycles. The Labute approximate surface area is 163 Å². The fraction of sp³-hybridized carbons (Fsp3) is 0.545. The van der Waals surface area contributed by atoms with Crippen LogP contribution in [-0.2, 0) is 16.0 Å². The number of nitrogens with zero attached hydrogens (tertiary/aromatic N) is 2. The van der Waals surface area contributed by atoms with Crippen LogP contribution in [0.3, 0.4) is 0 Å². The lowest BCUT2D eigenvalue weighted by molar-refractivity contribution is -0.123. The molecule has 1 aliphatic rings. The van der Waals surface area contributed by atoms with Gasteiger partial charge in [-0.1, -0.05) is 45.4 Å². The van der Waals surface area contributed by atoms with Crippen molar-refractivity contribution >= 4 is 17.5 Å². The Balaban J connectivity index is 1.92. The third-order valence-electron chi connectivity index (χ3n) is 4.95. The predicted octanol–water partition coefficient (Wildman–Crippen LogP) is 3.01. The maximum atomic E-state index is 12.5. The van der Waals surface area contributed by atoms with E-state index in [1.54, 1.807) is 11.0 Å². The number of hydrogen-bond acceptors (Lipinski definition) is 3. The molecule has 0 spiro atoms. The summed E-state index contributed by atoms with van der Waals surface area (Å²) >= 11 is 0. The molecule has 0 saturated carbocycles. The summed E-state index contributed by atoms with van der Waals surface area (Å²) in [4.78, 5) is 28.8. The van der Waals surface area contributed by atoms with Gasteiger partial charge in [-0.3, -0.25) is 9.59 Å². The van der Waals surface area contributed by atoms with Crippen LogP contribution >= 0.6 is 0 Å². The molecule has 1 aromatic carbocycles. The maximum absolute atomic E-state index is 12.5. The van der Waals surface area contributed by atoms with E-state index >= 15 is 0 Å². The number of carbonyl (C=O) groups excluding carboxylic acids is 2. The Bertz CT molecular complexity index is 639. The number of rotatable bonds is 10. The van der Waals surface area contributed by atoms with Gasteiger partial charge in [-0.05, 0) is 43.6 Å². The average Bonchev–Trinajstić information content (AvgIpc) is 2.68. The molecule has 1 unspecified atom stereocenters. The monoisotopic (exact) mass is 371 g/mol. The number of hydrogen-bond donors (Lipinski definition) is 1. The molecule has 0 radical (unpaired) electrons. The quantitative estimate of drug-likeness (QED) is 0.688. The highest BCUT2D eigenvalue weighted by atomic mass is 16.2. The number of amides is 2. The van der Waals surface area contributed by atoms with Crippen LogP contribution in [0.1, 0.15) is 39.2 Å². The van der Waals surface area contributed by atoms with Crippen molar-refractivity contribution in [1.82, 2.24) is 10.2 Å². The first-order valence-corrected chi connectivity index (χ1v) is 10.2. The van der Waals surface area contributed by atoms with Crippen molar-refractivity contribution in [2.45, 2.75) is 40.0 Å². The minimum atomic E-state index is -0.306. The Kier molecular flexibility index (Phi) is 8.52. The van der Waals surface area contributed by atoms with Gasteiger partial charge in [-0.2, -0.15) is 0 Å². The van der Waals surface area contributed by atoms with Crippen molar-refractivity contribution in [3.05, 3.63) is 42.0 Å². The minimum Gasteiger partial charge on any atom is -0.354 e. The molecule has 0 fully saturated rings. The summed E-state index contributed by atoms with van der Waals surface area (Å²) in [6, 6.07) is 8.07. The van der Waals surface area contributed by atoms with Crippen LogP contribution in [0.2, 0.25) is 0 Å². The molecule has 0 aliphatic carbocycles. The van der Waals surface area contributed by atoms with Crippen LogP contribution in [-0.4, -0.2) is 49.4 Å². The fourth-order valence-electron chi connectivity index (χ4n) is 3.38. The summed E-state index contributed by atoms with van der Waals surface area (Å²) in [7, 11) is 0. The smallest absolute Gasteiger partial charge is 0.250 e. The van der Waals surface area contributed by atoms with E-state index in [4.69, 9.17) is 0 Å². The van der Waals surface area contributed by atoms with Crippen molar-refractivity contribution in [2.75, 3.05) is 37.6 Å². The van der Waals surface area contributed by atoms with Gasteiger partial charge >= 0.3 is 0 Å². The van der Waals surface area contributed by atoms with Crippen molar-refractivity contribution in [1.29, 1.82) is 0 Å². The molecule has 1 N–H and O–H groups in total. The lowest BCUT2D eigenvalue weighted by Crippen LogP contribution is -2.44. The highest BCUT2D eigenvalue weighted by molar-refractivity contribution is 6.04. The molecule has 1 atom stereocenters. The molecule has 0 saturated heterocycles. The highest BCUT2D eigenvalue weighted by Crippen LogP contribution is 2.21. The van der Waals surface area contributed by atoms with E-state index in [0.29, 0.717) is 13.1 Å². The van der Waals surface area contributed by atoms with Crippen LogP contribution < -0.4 is 10.2 Å². The number of anilines is 1. The molecule has 2 amide bonds. The lowest BCUT2D eigenvalue weighted by atomic mass is 10.0. The molecule has 0 bridgehead atoms. The van der Waals surface area contributed by atoms with Crippen LogP contribution in [0.25, 0.3) is 0 Å². The zero-order valence-electron chi connectivity index (χ0n) is 16.9. The van der Waals surface area contributed by atoms with E-state index in [0.717, 1.165) is 44.6 Å². The van der Waals surface area contributed by atoms with Crippen LogP contribution in [0.5, 0.6) is 0 Å². The molecule has 1 aromatic rings. The molecular formula is C22H33N3O2. The van der Waals surface area contributed by atoms with Gasteiger partial charge in [-0.15, -0.1) is 0 Å². The standard InChI is InChI=1S/C22H33N3O2/c1-4-7-18-8-11-20(12-9-18)25-17-19(10-13-21(25)26)22(27)23-14-16-24(6-3)15-5-2/h8-13,19H,4-7,14-17H2,1-3H3,(H,23,27). The number of aryl methyl sites for hydroxylation is 1. The molecule has 5 nitrogen and oxygen atoms in total. The first-order chi connectivity index (χ1) is 13.1. The van der Waals surface area contributed by atoms with Crippen LogP contribution in [0, 0.1) is 5.92 Å². The van der Waals surface area contributed by atoms with Gasteiger partial charge in [-0.25, -0.2) is 0 Å². The van der Waals surface area contributed by atoms with E-state index in [1.165, 1.54) is 11.6 Å². The van der Waals surface area contributed by atoms with Gasteiger partial charge in [0.25, 0.3) is 5.91 Å². The van der Waals surface area contributed by atoms with Crippen molar-refractivity contribution in [2.24, 2.45) is 5.92 Å². The second kappa shape index (κ2) is 10.9. The van der Waals surface area contributed by atoms with Crippen LogP contribution in [0.15, 0.2) is 36.4 Å². The summed E-state index contributed by atoms with van der Waals surface area (Å²) in [6.45, 7) is 10.4. The normalized spacial score (nSPS) is 16.8. The zero-order valence-corrected chi connectivity index (χ0v) is 16.9. The molecule has 148 valence electrons. The first kappa shape index (κ1) is 21.2.